The number of hydrogen-bond donors (Lipinski definition) is 2. The number of nitrogens with one attached hydrogen (secondary N) is 1. The predicted octanol–water partition coefficient (Wildman–Crippen LogP) is 2.98. The van der Waals surface area contributed by atoms with Crippen molar-refractivity contribution in [3.05, 3.63) is 40.3 Å². The number of rotatable bonds is 5. The van der Waals surface area contributed by atoms with Crippen LogP contribution >= 0.6 is 11.6 Å². The Labute approximate surface area is 133 Å². The molecular weight excluding hydrogens is 302 g/mol. The number of imidazole rings is 1. The number of likely N-dealkylation sites (tertiary alicyclic amines) is 1. The van der Waals surface area contributed by atoms with Crippen LogP contribution in [-0.2, 0) is 6.42 Å². The highest BCUT2D eigenvalue weighted by Crippen LogP contribution is 2.29. The second kappa shape index (κ2) is 6.10. The number of aryl methyl sites for hydroxylation is 1. The number of benzene rings is 1. The number of aromatic carboxylic acids is 1. The van der Waals surface area contributed by atoms with E-state index in [0.29, 0.717) is 10.8 Å². The molecule has 0 spiro atoms. The Balaban J connectivity index is 1.86. The molecule has 0 bridgehead atoms. The number of aromatic nitrogens is 2. The molecule has 0 atom stereocenters. The van der Waals surface area contributed by atoms with Gasteiger partial charge in [-0.15, -0.1) is 0 Å². The van der Waals surface area contributed by atoms with Gasteiger partial charge < -0.3 is 15.0 Å². The molecule has 0 aliphatic carbocycles. The Bertz CT molecular complexity index is 707. The zero-order chi connectivity index (χ0) is 15.7. The van der Waals surface area contributed by atoms with E-state index < -0.39 is 5.97 Å². The van der Waals surface area contributed by atoms with Gasteiger partial charge in [0.2, 0.25) is 0 Å². The molecule has 3 rings (SSSR count). The van der Waals surface area contributed by atoms with Crippen LogP contribution in [0.1, 0.15) is 28.2 Å². The number of carboxylic acids is 1. The third-order valence-electron chi connectivity index (χ3n) is 4.08. The third-order valence-corrected chi connectivity index (χ3v) is 4.35. The van der Waals surface area contributed by atoms with E-state index in [4.69, 9.17) is 16.7 Å². The van der Waals surface area contributed by atoms with E-state index >= 15 is 0 Å². The normalized spacial score (nSPS) is 14.8. The second-order valence-electron chi connectivity index (χ2n) is 5.63. The summed E-state index contributed by atoms with van der Waals surface area (Å²) in [6.45, 7) is 5.21. The molecule has 6 heteroatoms. The van der Waals surface area contributed by atoms with Gasteiger partial charge in [-0.25, -0.2) is 9.78 Å². The number of H-pyrrole nitrogens is 1. The predicted molar refractivity (Wildman–Crippen MR) is 85.5 cm³/mol. The van der Waals surface area contributed by atoms with E-state index in [1.807, 2.05) is 6.92 Å². The Morgan fingerprint density at radius 2 is 2.23 bits per heavy atom. The molecule has 1 saturated heterocycles. The van der Waals surface area contributed by atoms with Gasteiger partial charge >= 0.3 is 5.97 Å². The summed E-state index contributed by atoms with van der Waals surface area (Å²) in [4.78, 5) is 21.1. The molecule has 0 amide bonds. The van der Waals surface area contributed by atoms with E-state index in [0.717, 1.165) is 43.0 Å². The lowest BCUT2D eigenvalue weighted by Gasteiger charge is -2.30. The van der Waals surface area contributed by atoms with Crippen LogP contribution < -0.4 is 0 Å². The fraction of sp³-hybridized carbons (Fsp3) is 0.375. The summed E-state index contributed by atoms with van der Waals surface area (Å²) in [7, 11) is 0. The molecule has 1 aliphatic heterocycles. The zero-order valence-corrected chi connectivity index (χ0v) is 13.2. The Hall–Kier alpha value is -1.85. The molecule has 0 unspecified atom stereocenters. The monoisotopic (exact) mass is 319 g/mol. The molecule has 116 valence electrons. The van der Waals surface area contributed by atoms with Crippen molar-refractivity contribution >= 4 is 17.6 Å². The lowest BCUT2D eigenvalue weighted by Crippen LogP contribution is -2.38. The molecule has 1 aromatic heterocycles. The molecule has 5 nitrogen and oxygen atoms in total. The average molecular weight is 320 g/mol. The highest BCUT2D eigenvalue weighted by Gasteiger charge is 2.17. The molecule has 1 fully saturated rings. The van der Waals surface area contributed by atoms with Crippen LogP contribution in [0.5, 0.6) is 0 Å². The van der Waals surface area contributed by atoms with Gasteiger partial charge in [0.15, 0.2) is 5.15 Å². The van der Waals surface area contributed by atoms with Crippen LogP contribution in [0.4, 0.5) is 0 Å². The summed E-state index contributed by atoms with van der Waals surface area (Å²) in [5, 5.41) is 9.53. The highest BCUT2D eigenvalue weighted by molar-refractivity contribution is 6.32. The molecule has 0 radical (unpaired) electrons. The summed E-state index contributed by atoms with van der Waals surface area (Å²) in [5.74, 6) is -0.109. The molecule has 22 heavy (non-hydrogen) atoms. The molecule has 2 N–H and O–H groups in total. The number of halogens is 1. The van der Waals surface area contributed by atoms with Crippen LogP contribution in [-0.4, -0.2) is 45.6 Å². The first-order chi connectivity index (χ1) is 10.5. The largest absolute Gasteiger partial charge is 0.478 e. The number of carboxylic acid groups (broad SMARTS) is 1. The lowest BCUT2D eigenvalue weighted by molar-refractivity contribution is 0.0697. The fourth-order valence-corrected chi connectivity index (χ4v) is 2.84. The van der Waals surface area contributed by atoms with E-state index in [1.165, 1.54) is 6.42 Å². The van der Waals surface area contributed by atoms with Crippen molar-refractivity contribution in [3.63, 3.8) is 0 Å². The minimum absolute atomic E-state index is 0.244. The summed E-state index contributed by atoms with van der Waals surface area (Å²) in [5.41, 5.74) is 2.69. The summed E-state index contributed by atoms with van der Waals surface area (Å²) in [6, 6.07) is 5.02. The summed E-state index contributed by atoms with van der Waals surface area (Å²) < 4.78 is 0. The van der Waals surface area contributed by atoms with Crippen LogP contribution in [0, 0.1) is 6.92 Å². The average Bonchev–Trinajstić information content (AvgIpc) is 2.78. The van der Waals surface area contributed by atoms with Gasteiger partial charge in [0, 0.05) is 18.5 Å². The molecule has 1 aliphatic rings. The maximum Gasteiger partial charge on any atom is 0.335 e. The van der Waals surface area contributed by atoms with E-state index in [9.17, 15) is 4.79 Å². The van der Waals surface area contributed by atoms with Gasteiger partial charge in [-0.3, -0.25) is 0 Å². The van der Waals surface area contributed by atoms with E-state index in [1.54, 1.807) is 18.2 Å². The first-order valence-electron chi connectivity index (χ1n) is 7.35. The molecule has 2 heterocycles. The molecule has 2 aromatic rings. The van der Waals surface area contributed by atoms with Crippen molar-refractivity contribution in [1.82, 2.24) is 14.9 Å². The zero-order valence-electron chi connectivity index (χ0n) is 12.4. The number of aromatic amines is 1. The van der Waals surface area contributed by atoms with Crippen LogP contribution in [0.2, 0.25) is 5.15 Å². The van der Waals surface area contributed by atoms with Crippen molar-refractivity contribution in [1.29, 1.82) is 0 Å². The van der Waals surface area contributed by atoms with Crippen molar-refractivity contribution in [2.45, 2.75) is 19.8 Å². The van der Waals surface area contributed by atoms with E-state index in [-0.39, 0.29) is 5.56 Å². The van der Waals surface area contributed by atoms with Gasteiger partial charge in [0.25, 0.3) is 0 Å². The maximum absolute atomic E-state index is 11.1. The van der Waals surface area contributed by atoms with E-state index in [2.05, 4.69) is 14.9 Å². The number of carbonyl (C=O) groups is 1. The Morgan fingerprint density at radius 3 is 2.86 bits per heavy atom. The second-order valence-corrected chi connectivity index (χ2v) is 5.99. The minimum Gasteiger partial charge on any atom is -0.478 e. The lowest BCUT2D eigenvalue weighted by atomic mass is 10.0. The molecule has 0 saturated carbocycles. The number of hydrogen-bond acceptors (Lipinski definition) is 3. The third kappa shape index (κ3) is 3.00. The van der Waals surface area contributed by atoms with Gasteiger partial charge in [0.05, 0.1) is 11.3 Å². The summed E-state index contributed by atoms with van der Waals surface area (Å²) in [6.07, 6.45) is 2.09. The topological polar surface area (TPSA) is 69.2 Å². The Morgan fingerprint density at radius 1 is 1.45 bits per heavy atom. The van der Waals surface area contributed by atoms with Gasteiger partial charge in [0.1, 0.15) is 5.82 Å². The highest BCUT2D eigenvalue weighted by atomic mass is 35.5. The minimum atomic E-state index is -0.949. The fourth-order valence-electron chi connectivity index (χ4n) is 2.59. The number of nitrogens with zero attached hydrogens (tertiary/aromatic N) is 2. The van der Waals surface area contributed by atoms with Crippen LogP contribution in [0.15, 0.2) is 18.2 Å². The first-order valence-corrected chi connectivity index (χ1v) is 7.73. The van der Waals surface area contributed by atoms with Crippen molar-refractivity contribution in [2.75, 3.05) is 19.6 Å². The quantitative estimate of drug-likeness (QED) is 0.889. The van der Waals surface area contributed by atoms with Gasteiger partial charge in [-0.05, 0) is 44.1 Å². The molecule has 1 aromatic carbocycles. The van der Waals surface area contributed by atoms with Crippen molar-refractivity contribution in [3.8, 4) is 11.3 Å². The molecular formula is C16H18ClN3O2. The van der Waals surface area contributed by atoms with Crippen LogP contribution in [0.3, 0.4) is 0 Å². The van der Waals surface area contributed by atoms with Crippen molar-refractivity contribution in [2.24, 2.45) is 0 Å². The van der Waals surface area contributed by atoms with Crippen molar-refractivity contribution < 1.29 is 9.90 Å². The van der Waals surface area contributed by atoms with Gasteiger partial charge in [-0.1, -0.05) is 17.7 Å². The SMILES string of the molecule is Cc1ccc(C(=O)O)cc1-c1[nH]c(CCN2CCC2)nc1Cl. The maximum atomic E-state index is 11.1. The standard InChI is InChI=1S/C16H18ClN3O2/c1-10-3-4-11(16(21)22)9-12(10)14-15(17)19-13(18-14)5-8-20-6-2-7-20/h3-4,9H,2,5-8H2,1H3,(H,18,19)(H,21,22). The first kappa shape index (κ1) is 15.1. The smallest absolute Gasteiger partial charge is 0.335 e. The summed E-state index contributed by atoms with van der Waals surface area (Å²) >= 11 is 6.24. The van der Waals surface area contributed by atoms with Gasteiger partial charge in [-0.2, -0.15) is 0 Å². The van der Waals surface area contributed by atoms with Crippen LogP contribution in [0.25, 0.3) is 11.3 Å². The Kier molecular flexibility index (Phi) is 4.18.